The van der Waals surface area contributed by atoms with Gasteiger partial charge in [-0.15, -0.1) is 5.10 Å². The average Bonchev–Trinajstić information content (AvgIpc) is 2.86. The van der Waals surface area contributed by atoms with Crippen molar-refractivity contribution in [1.29, 1.82) is 5.41 Å². The molecule has 0 aliphatic rings. The zero-order chi connectivity index (χ0) is 24.1. The number of anilines is 2. The lowest BCUT2D eigenvalue weighted by Gasteiger charge is -2.12. The number of methoxy groups -OCH3 is 1. The number of ether oxygens (including phenoxy) is 1. The van der Waals surface area contributed by atoms with E-state index in [0.29, 0.717) is 40.0 Å². The summed E-state index contributed by atoms with van der Waals surface area (Å²) in [5.74, 6) is 2.20. The molecule has 0 radical (unpaired) electrons. The van der Waals surface area contributed by atoms with Gasteiger partial charge in [-0.3, -0.25) is 15.4 Å². The maximum Gasteiger partial charge on any atom is 0.154 e. The lowest BCUT2D eigenvalue weighted by molar-refractivity contribution is 0.413. The van der Waals surface area contributed by atoms with Crippen LogP contribution in [0, 0.1) is 5.41 Å². The van der Waals surface area contributed by atoms with E-state index in [1.54, 1.807) is 51.2 Å². The summed E-state index contributed by atoms with van der Waals surface area (Å²) in [6, 6.07) is 9.41. The molecule has 0 bridgehead atoms. The van der Waals surface area contributed by atoms with Crippen LogP contribution in [0.3, 0.4) is 0 Å². The zero-order valence-electron chi connectivity index (χ0n) is 19.5. The van der Waals surface area contributed by atoms with Crippen molar-refractivity contribution in [3.05, 3.63) is 78.0 Å². The van der Waals surface area contributed by atoms with Crippen molar-refractivity contribution in [3.63, 3.8) is 0 Å². The van der Waals surface area contributed by atoms with Crippen molar-refractivity contribution in [2.24, 2.45) is 0 Å². The third kappa shape index (κ3) is 4.98. The van der Waals surface area contributed by atoms with E-state index in [9.17, 15) is 0 Å². The summed E-state index contributed by atoms with van der Waals surface area (Å²) in [5.41, 5.74) is 4.85. The van der Waals surface area contributed by atoms with E-state index in [0.717, 1.165) is 16.6 Å². The molecule has 0 saturated heterocycles. The highest BCUT2D eigenvalue weighted by atomic mass is 16.5. The second kappa shape index (κ2) is 10.0. The van der Waals surface area contributed by atoms with Crippen molar-refractivity contribution in [1.82, 2.24) is 30.5 Å². The van der Waals surface area contributed by atoms with Gasteiger partial charge in [0.05, 0.1) is 36.2 Å². The summed E-state index contributed by atoms with van der Waals surface area (Å²) in [6.07, 6.45) is 8.51. The van der Waals surface area contributed by atoms with Crippen molar-refractivity contribution in [2.45, 2.75) is 19.8 Å². The second-order valence-corrected chi connectivity index (χ2v) is 7.95. The molecule has 0 saturated carbocycles. The summed E-state index contributed by atoms with van der Waals surface area (Å²) in [7, 11) is 3.36. The Morgan fingerprint density at radius 1 is 1.00 bits per heavy atom. The summed E-state index contributed by atoms with van der Waals surface area (Å²) in [5, 5.41) is 23.3. The Kier molecular flexibility index (Phi) is 6.72. The zero-order valence-corrected chi connectivity index (χ0v) is 19.5. The fraction of sp³-hybridized carbons (Fsp3) is 0.200. The molecule has 0 atom stereocenters. The molecule has 4 aromatic rings. The van der Waals surface area contributed by atoms with Gasteiger partial charge >= 0.3 is 0 Å². The number of pyridine rings is 3. The van der Waals surface area contributed by atoms with Crippen LogP contribution < -0.4 is 15.4 Å². The molecule has 172 valence electrons. The fourth-order valence-electron chi connectivity index (χ4n) is 3.38. The summed E-state index contributed by atoms with van der Waals surface area (Å²) in [6.45, 7) is 4.22. The van der Waals surface area contributed by atoms with Crippen LogP contribution in [0.5, 0.6) is 5.75 Å². The van der Waals surface area contributed by atoms with Gasteiger partial charge < -0.3 is 15.4 Å². The van der Waals surface area contributed by atoms with Gasteiger partial charge in [0.1, 0.15) is 11.6 Å². The molecule has 34 heavy (non-hydrogen) atoms. The van der Waals surface area contributed by atoms with Crippen LogP contribution in [0.1, 0.15) is 36.5 Å². The molecule has 9 heteroatoms. The van der Waals surface area contributed by atoms with Gasteiger partial charge in [-0.05, 0) is 41.8 Å². The van der Waals surface area contributed by atoms with Crippen LogP contribution in [0.25, 0.3) is 16.6 Å². The van der Waals surface area contributed by atoms with E-state index >= 15 is 0 Å². The summed E-state index contributed by atoms with van der Waals surface area (Å²) in [4.78, 5) is 13.4. The molecule has 4 aromatic heterocycles. The molecule has 0 aliphatic heterocycles. The maximum atomic E-state index is 8.77. The van der Waals surface area contributed by atoms with E-state index < -0.39 is 0 Å². The van der Waals surface area contributed by atoms with E-state index in [1.807, 2.05) is 24.3 Å². The number of fused-ring (bicyclic) bond motifs is 1. The molecule has 9 nitrogen and oxygen atoms in total. The van der Waals surface area contributed by atoms with Gasteiger partial charge in [0.25, 0.3) is 0 Å². The van der Waals surface area contributed by atoms with E-state index in [1.165, 1.54) is 0 Å². The van der Waals surface area contributed by atoms with Crippen LogP contribution in [-0.4, -0.2) is 45.0 Å². The first kappa shape index (κ1) is 22.8. The minimum absolute atomic E-state index is 0.289. The highest BCUT2D eigenvalue weighted by molar-refractivity contribution is 6.30. The van der Waals surface area contributed by atoms with Crippen molar-refractivity contribution < 1.29 is 4.74 Å². The quantitative estimate of drug-likeness (QED) is 0.337. The molecule has 4 rings (SSSR count). The Morgan fingerprint density at radius 2 is 1.85 bits per heavy atom. The molecular weight excluding hydrogens is 428 g/mol. The van der Waals surface area contributed by atoms with Crippen LogP contribution in [0.2, 0.25) is 0 Å². The molecule has 3 N–H and O–H groups in total. The topological polar surface area (TPSA) is 122 Å². The fourth-order valence-corrected chi connectivity index (χ4v) is 3.38. The molecule has 4 heterocycles. The average molecular weight is 455 g/mol. The normalized spacial score (nSPS) is 11.5. The molecular formula is C25H26N8O. The van der Waals surface area contributed by atoms with Crippen molar-refractivity contribution >= 4 is 34.0 Å². The van der Waals surface area contributed by atoms with Gasteiger partial charge in [-0.2, -0.15) is 5.10 Å². The maximum absolute atomic E-state index is 8.77. The Hall–Kier alpha value is -4.40. The number of nitrogens with zero attached hydrogens (tertiary/aromatic N) is 5. The van der Waals surface area contributed by atoms with Gasteiger partial charge in [0.15, 0.2) is 5.82 Å². The van der Waals surface area contributed by atoms with Crippen LogP contribution >= 0.6 is 0 Å². The Morgan fingerprint density at radius 3 is 2.62 bits per heavy atom. The molecule has 0 fully saturated rings. The van der Waals surface area contributed by atoms with Gasteiger partial charge in [-0.25, -0.2) is 4.98 Å². The number of hydrogen-bond acceptors (Lipinski definition) is 9. The Labute approximate surface area is 197 Å². The van der Waals surface area contributed by atoms with Gasteiger partial charge in [0.2, 0.25) is 0 Å². The molecule has 0 amide bonds. The van der Waals surface area contributed by atoms with E-state index in [4.69, 9.17) is 15.1 Å². The van der Waals surface area contributed by atoms with Crippen molar-refractivity contribution in [3.8, 4) is 5.75 Å². The first-order valence-electron chi connectivity index (χ1n) is 10.8. The highest BCUT2D eigenvalue weighted by Gasteiger charge is 2.14. The number of aromatic nitrogens is 5. The SMILES string of the molecule is CN/C=C(\C(=N)c1cncc(OC)c1)c1cnc2ccc(Nc3cc(C(C)C)cnn3)nc2c1. The largest absolute Gasteiger partial charge is 0.495 e. The number of rotatable bonds is 8. The second-order valence-electron chi connectivity index (χ2n) is 7.95. The van der Waals surface area contributed by atoms with Gasteiger partial charge in [0, 0.05) is 42.3 Å². The standard InChI is InChI=1S/C25H26N8O/c1-15(2)16-9-24(33-30-12-16)32-23-6-5-21-22(31-23)8-17(11-29-21)20(14-27-3)25(26)18-7-19(34-4)13-28-10-18/h5-15,26-27H,1-4H3,(H,31,32,33)/b20-14-,26-25?. The predicted molar refractivity (Wildman–Crippen MR) is 134 cm³/mol. The molecule has 0 unspecified atom stereocenters. The van der Waals surface area contributed by atoms with Crippen molar-refractivity contribution in [2.75, 3.05) is 19.5 Å². The lowest BCUT2D eigenvalue weighted by Crippen LogP contribution is -2.08. The van der Waals surface area contributed by atoms with Crippen LogP contribution in [0.15, 0.2) is 61.3 Å². The summed E-state index contributed by atoms with van der Waals surface area (Å²) >= 11 is 0. The minimum atomic E-state index is 0.289. The first-order valence-corrected chi connectivity index (χ1v) is 10.8. The Balaban J connectivity index is 1.67. The smallest absolute Gasteiger partial charge is 0.154 e. The minimum Gasteiger partial charge on any atom is -0.495 e. The first-order chi connectivity index (χ1) is 16.5. The molecule has 0 aliphatic carbocycles. The monoisotopic (exact) mass is 454 g/mol. The number of nitrogens with one attached hydrogen (secondary N) is 3. The number of allylic oxidation sites excluding steroid dienone is 1. The molecule has 0 spiro atoms. The van der Waals surface area contributed by atoms with Gasteiger partial charge in [-0.1, -0.05) is 13.8 Å². The van der Waals surface area contributed by atoms with E-state index in [-0.39, 0.29) is 5.71 Å². The number of hydrogen-bond donors (Lipinski definition) is 3. The highest BCUT2D eigenvalue weighted by Crippen LogP contribution is 2.25. The van der Waals surface area contributed by atoms with E-state index in [2.05, 4.69) is 44.6 Å². The lowest BCUT2D eigenvalue weighted by atomic mass is 9.98. The summed E-state index contributed by atoms with van der Waals surface area (Å²) < 4.78 is 5.26. The third-order valence-corrected chi connectivity index (χ3v) is 5.24. The molecule has 0 aromatic carbocycles. The third-order valence-electron chi connectivity index (χ3n) is 5.24. The predicted octanol–water partition coefficient (Wildman–Crippen LogP) is 4.32. The van der Waals surface area contributed by atoms with Crippen LogP contribution in [-0.2, 0) is 0 Å². The Bertz CT molecular complexity index is 1370. The van der Waals surface area contributed by atoms with Crippen LogP contribution in [0.4, 0.5) is 11.6 Å².